The molecule has 0 radical (unpaired) electrons. The molecule has 2 aliphatic heterocycles. The van der Waals surface area contributed by atoms with Crippen LogP contribution in [0.5, 0.6) is 0 Å². The van der Waals surface area contributed by atoms with Gasteiger partial charge in [0.15, 0.2) is 5.82 Å². The summed E-state index contributed by atoms with van der Waals surface area (Å²) < 4.78 is 5.98. The van der Waals surface area contributed by atoms with Crippen LogP contribution in [0.2, 0.25) is 0 Å². The summed E-state index contributed by atoms with van der Waals surface area (Å²) in [6.07, 6.45) is 2.36. The van der Waals surface area contributed by atoms with Gasteiger partial charge in [0, 0.05) is 12.5 Å². The van der Waals surface area contributed by atoms with Crippen molar-refractivity contribution in [3.05, 3.63) is 16.8 Å². The van der Waals surface area contributed by atoms with Crippen LogP contribution in [0.4, 0.5) is 17.3 Å². The summed E-state index contributed by atoms with van der Waals surface area (Å²) in [7, 11) is 0. The fraction of sp³-hybridized carbons (Fsp3) is 0.636. The Hall–Kier alpha value is -2.29. The van der Waals surface area contributed by atoms with E-state index in [9.17, 15) is 0 Å². The second-order valence-corrected chi connectivity index (χ2v) is 5.12. The largest absolute Gasteiger partial charge is 0.360 e. The number of nitrogens with zero attached hydrogens (tertiary/aromatic N) is 6. The molecular weight excluding hydrogens is 274 g/mol. The lowest BCUT2D eigenvalue weighted by Crippen LogP contribution is -2.39. The fourth-order valence-corrected chi connectivity index (χ4v) is 2.81. The smallest absolute Gasteiger partial charge is 0.250 e. The number of nitrogens with one attached hydrogen (secondary N) is 2. The number of hydrogen-bond donors (Lipinski definition) is 3. The van der Waals surface area contributed by atoms with Crippen molar-refractivity contribution < 1.29 is 4.74 Å². The molecule has 0 aromatic carbocycles. The van der Waals surface area contributed by atoms with Crippen molar-refractivity contribution >= 4 is 17.3 Å². The minimum Gasteiger partial charge on any atom is -0.360 e. The van der Waals surface area contributed by atoms with Gasteiger partial charge in [-0.1, -0.05) is 6.92 Å². The Morgan fingerprint density at radius 3 is 3.24 bits per heavy atom. The number of anilines is 3. The Morgan fingerprint density at radius 2 is 2.52 bits per heavy atom. The Labute approximate surface area is 121 Å². The SMILES string of the molecule is C[C@H]1C[C@@H](CN)O[C@H]1N1CNc2c(NN=[N+]=[N-])ncnc21. The number of rotatable bonds is 4. The maximum Gasteiger partial charge on any atom is 0.250 e. The lowest BCUT2D eigenvalue weighted by molar-refractivity contribution is 0.0400. The summed E-state index contributed by atoms with van der Waals surface area (Å²) in [5, 5.41) is 6.52. The third-order valence-corrected chi connectivity index (χ3v) is 3.75. The van der Waals surface area contributed by atoms with Gasteiger partial charge in [-0.05, 0) is 11.6 Å². The highest BCUT2D eigenvalue weighted by molar-refractivity contribution is 5.81. The van der Waals surface area contributed by atoms with Gasteiger partial charge in [0.25, 0.3) is 5.82 Å². The van der Waals surface area contributed by atoms with E-state index in [0.717, 1.165) is 12.2 Å². The zero-order valence-electron chi connectivity index (χ0n) is 11.6. The van der Waals surface area contributed by atoms with Gasteiger partial charge in [0.05, 0.1) is 12.8 Å². The minimum atomic E-state index is -0.0745. The first kappa shape index (κ1) is 13.7. The first-order valence-corrected chi connectivity index (χ1v) is 6.75. The highest BCUT2D eigenvalue weighted by Gasteiger charge is 2.39. The standard InChI is InChI=1S/C11H17N9O/c1-6-2-7(3-12)21-11(6)20-5-16-8-9(17-19-18-13)14-4-15-10(8)20/h4,6-7,11,16H,2-3,5,12H2,1H3,(H,14,15,17)/t6-,7-,11+/m0/s1. The third-order valence-electron chi connectivity index (χ3n) is 3.75. The van der Waals surface area contributed by atoms with Gasteiger partial charge in [-0.25, -0.2) is 10.4 Å². The van der Waals surface area contributed by atoms with E-state index in [1.807, 2.05) is 4.90 Å². The van der Waals surface area contributed by atoms with Crippen molar-refractivity contribution in [1.82, 2.24) is 9.97 Å². The zero-order valence-corrected chi connectivity index (χ0v) is 11.6. The normalized spacial score (nSPS) is 27.0. The van der Waals surface area contributed by atoms with Crippen molar-refractivity contribution in [2.24, 2.45) is 16.9 Å². The summed E-state index contributed by atoms with van der Waals surface area (Å²) >= 11 is 0. The average molecular weight is 291 g/mol. The van der Waals surface area contributed by atoms with Crippen LogP contribution in [-0.4, -0.2) is 35.5 Å². The van der Waals surface area contributed by atoms with E-state index in [0.29, 0.717) is 30.6 Å². The van der Waals surface area contributed by atoms with E-state index in [1.165, 1.54) is 6.33 Å². The highest BCUT2D eigenvalue weighted by Crippen LogP contribution is 2.39. The van der Waals surface area contributed by atoms with Crippen LogP contribution < -0.4 is 21.4 Å². The lowest BCUT2D eigenvalue weighted by Gasteiger charge is -2.27. The van der Waals surface area contributed by atoms with Crippen LogP contribution in [0, 0.1) is 5.92 Å². The van der Waals surface area contributed by atoms with Crippen molar-refractivity contribution in [2.45, 2.75) is 25.7 Å². The predicted octanol–water partition coefficient (Wildman–Crippen LogP) is 1.01. The molecule has 0 saturated carbocycles. The van der Waals surface area contributed by atoms with Crippen LogP contribution in [0.15, 0.2) is 11.6 Å². The quantitative estimate of drug-likeness (QED) is 0.326. The maximum absolute atomic E-state index is 8.38. The van der Waals surface area contributed by atoms with E-state index >= 15 is 0 Å². The van der Waals surface area contributed by atoms with Gasteiger partial charge < -0.3 is 20.7 Å². The van der Waals surface area contributed by atoms with E-state index in [1.54, 1.807) is 0 Å². The molecule has 0 aliphatic carbocycles. The van der Waals surface area contributed by atoms with Crippen LogP contribution in [0.3, 0.4) is 0 Å². The van der Waals surface area contributed by atoms with Gasteiger partial charge in [-0.2, -0.15) is 9.90 Å². The number of azide groups is 1. The molecule has 1 aromatic rings. The van der Waals surface area contributed by atoms with Crippen LogP contribution >= 0.6 is 0 Å². The van der Waals surface area contributed by atoms with E-state index in [2.05, 4.69) is 37.8 Å². The summed E-state index contributed by atoms with van der Waals surface area (Å²) in [6.45, 7) is 3.21. The molecule has 10 nitrogen and oxygen atoms in total. The Morgan fingerprint density at radius 1 is 1.67 bits per heavy atom. The first-order chi connectivity index (χ1) is 10.2. The molecule has 112 valence electrons. The van der Waals surface area contributed by atoms with Crippen molar-refractivity contribution in [1.29, 1.82) is 0 Å². The summed E-state index contributed by atoms with van der Waals surface area (Å²) in [5.41, 5.74) is 17.3. The van der Waals surface area contributed by atoms with Crippen LogP contribution in [0.25, 0.3) is 10.4 Å². The molecule has 21 heavy (non-hydrogen) atoms. The van der Waals surface area contributed by atoms with Crippen LogP contribution in [-0.2, 0) is 4.74 Å². The molecule has 0 unspecified atom stereocenters. The lowest BCUT2D eigenvalue weighted by atomic mass is 10.1. The predicted molar refractivity (Wildman–Crippen MR) is 77.3 cm³/mol. The van der Waals surface area contributed by atoms with Gasteiger partial charge in [-0.3, -0.25) is 0 Å². The summed E-state index contributed by atoms with van der Waals surface area (Å²) in [4.78, 5) is 13.1. The summed E-state index contributed by atoms with van der Waals surface area (Å²) in [6, 6.07) is 0. The Bertz CT molecular complexity index is 573. The zero-order chi connectivity index (χ0) is 14.8. The molecule has 4 N–H and O–H groups in total. The molecule has 2 aliphatic rings. The minimum absolute atomic E-state index is 0.0745. The molecule has 0 bridgehead atoms. The third kappa shape index (κ3) is 2.40. The summed E-state index contributed by atoms with van der Waals surface area (Å²) in [5.74, 6) is 1.53. The van der Waals surface area contributed by atoms with E-state index in [4.69, 9.17) is 16.0 Å². The molecule has 0 spiro atoms. The van der Waals surface area contributed by atoms with Gasteiger partial charge >= 0.3 is 0 Å². The second kappa shape index (κ2) is 5.60. The molecule has 1 saturated heterocycles. The molecular formula is C11H17N9O. The van der Waals surface area contributed by atoms with Crippen molar-refractivity contribution in [3.63, 3.8) is 0 Å². The Kier molecular flexibility index (Phi) is 3.65. The number of hydrogen-bond acceptors (Lipinski definition) is 7. The number of ether oxygens (including phenoxy) is 1. The number of fused-ring (bicyclic) bond motifs is 1. The van der Waals surface area contributed by atoms with Gasteiger partial charge in [-0.15, -0.1) is 5.53 Å². The van der Waals surface area contributed by atoms with Crippen molar-refractivity contribution in [3.8, 4) is 0 Å². The molecule has 10 heteroatoms. The first-order valence-electron chi connectivity index (χ1n) is 6.75. The Balaban J connectivity index is 1.85. The molecule has 0 amide bonds. The topological polar surface area (TPSA) is 137 Å². The van der Waals surface area contributed by atoms with Crippen molar-refractivity contribution in [2.75, 3.05) is 28.9 Å². The second-order valence-electron chi connectivity index (χ2n) is 5.12. The van der Waals surface area contributed by atoms with Gasteiger partial charge in [0.2, 0.25) is 0 Å². The molecule has 1 fully saturated rings. The van der Waals surface area contributed by atoms with E-state index in [-0.39, 0.29) is 12.3 Å². The van der Waals surface area contributed by atoms with E-state index < -0.39 is 0 Å². The highest BCUT2D eigenvalue weighted by atomic mass is 16.5. The van der Waals surface area contributed by atoms with Crippen LogP contribution in [0.1, 0.15) is 13.3 Å². The molecule has 1 aromatic heterocycles. The monoisotopic (exact) mass is 291 g/mol. The average Bonchev–Trinajstić information content (AvgIpc) is 3.08. The molecule has 3 rings (SSSR count). The number of aromatic nitrogens is 2. The maximum atomic E-state index is 8.38. The van der Waals surface area contributed by atoms with Gasteiger partial charge in [0.1, 0.15) is 18.2 Å². The fourth-order valence-electron chi connectivity index (χ4n) is 2.81. The molecule has 3 heterocycles. The number of nitrogens with two attached hydrogens (primary N) is 1. The molecule has 3 atom stereocenters.